The molecular formula is C11H19N3O. The van der Waals surface area contributed by atoms with Gasteiger partial charge in [0.05, 0.1) is 12.6 Å². The first-order valence-electron chi connectivity index (χ1n) is 5.30. The molecular weight excluding hydrogens is 190 g/mol. The highest BCUT2D eigenvalue weighted by molar-refractivity contribution is 5.81. The van der Waals surface area contributed by atoms with Crippen molar-refractivity contribution >= 4 is 5.91 Å². The summed E-state index contributed by atoms with van der Waals surface area (Å²) in [6.45, 7) is 4.21. The van der Waals surface area contributed by atoms with E-state index in [9.17, 15) is 4.79 Å². The Morgan fingerprint density at radius 3 is 3.07 bits per heavy atom. The fraction of sp³-hybridized carbons (Fsp3) is 0.727. The van der Waals surface area contributed by atoms with Gasteiger partial charge in [0.25, 0.3) is 0 Å². The number of nitrogens with zero attached hydrogens (tertiary/aromatic N) is 1. The molecule has 84 valence electrons. The highest BCUT2D eigenvalue weighted by Crippen LogP contribution is 2.09. The quantitative estimate of drug-likeness (QED) is 0.609. The third-order valence-corrected chi connectivity index (χ3v) is 2.97. The van der Waals surface area contributed by atoms with Crippen molar-refractivity contribution in [3.8, 4) is 12.3 Å². The molecule has 0 aromatic carbocycles. The number of hydrogen-bond acceptors (Lipinski definition) is 3. The van der Waals surface area contributed by atoms with E-state index in [1.807, 2.05) is 14.0 Å². The van der Waals surface area contributed by atoms with Crippen molar-refractivity contribution in [2.24, 2.45) is 0 Å². The summed E-state index contributed by atoms with van der Waals surface area (Å²) < 4.78 is 0. The molecule has 0 bridgehead atoms. The molecule has 15 heavy (non-hydrogen) atoms. The number of amides is 1. The van der Waals surface area contributed by atoms with Crippen LogP contribution in [0.3, 0.4) is 0 Å². The molecule has 1 aliphatic rings. The molecule has 0 saturated carbocycles. The molecule has 2 unspecified atom stereocenters. The fourth-order valence-corrected chi connectivity index (χ4v) is 1.77. The van der Waals surface area contributed by atoms with Gasteiger partial charge in [-0.3, -0.25) is 9.69 Å². The Morgan fingerprint density at radius 2 is 2.53 bits per heavy atom. The standard InChI is InChI=1S/C11H19N3O/c1-4-6-13-11(15)9(2)14(3)10-5-7-12-8-10/h1,9-10,12H,5-8H2,2-3H3,(H,13,15). The van der Waals surface area contributed by atoms with E-state index in [1.165, 1.54) is 0 Å². The summed E-state index contributed by atoms with van der Waals surface area (Å²) in [5.74, 6) is 2.40. The zero-order valence-electron chi connectivity index (χ0n) is 9.42. The molecule has 0 aliphatic carbocycles. The molecule has 1 fully saturated rings. The summed E-state index contributed by atoms with van der Waals surface area (Å²) in [5.41, 5.74) is 0. The fourth-order valence-electron chi connectivity index (χ4n) is 1.77. The lowest BCUT2D eigenvalue weighted by atomic mass is 10.1. The minimum Gasteiger partial charge on any atom is -0.344 e. The predicted octanol–water partition coefficient (Wildman–Crippen LogP) is -0.582. The van der Waals surface area contributed by atoms with Gasteiger partial charge in [0.15, 0.2) is 0 Å². The van der Waals surface area contributed by atoms with Crippen LogP contribution < -0.4 is 10.6 Å². The van der Waals surface area contributed by atoms with E-state index in [-0.39, 0.29) is 11.9 Å². The molecule has 1 saturated heterocycles. The molecule has 0 radical (unpaired) electrons. The van der Waals surface area contributed by atoms with Gasteiger partial charge in [-0.1, -0.05) is 5.92 Å². The van der Waals surface area contributed by atoms with Crippen LogP contribution in [0.15, 0.2) is 0 Å². The number of nitrogens with one attached hydrogen (secondary N) is 2. The van der Waals surface area contributed by atoms with Crippen molar-refractivity contribution in [3.63, 3.8) is 0 Å². The molecule has 1 heterocycles. The lowest BCUT2D eigenvalue weighted by Crippen LogP contribution is -2.48. The van der Waals surface area contributed by atoms with Gasteiger partial charge in [-0.15, -0.1) is 6.42 Å². The van der Waals surface area contributed by atoms with Gasteiger partial charge >= 0.3 is 0 Å². The molecule has 1 amide bonds. The van der Waals surface area contributed by atoms with Gasteiger partial charge < -0.3 is 10.6 Å². The Kier molecular flexibility index (Phi) is 4.60. The minimum atomic E-state index is -0.122. The summed E-state index contributed by atoms with van der Waals surface area (Å²) in [7, 11) is 1.98. The molecule has 2 atom stereocenters. The van der Waals surface area contributed by atoms with Crippen molar-refractivity contribution in [3.05, 3.63) is 0 Å². The molecule has 0 spiro atoms. The predicted molar refractivity (Wildman–Crippen MR) is 60.3 cm³/mol. The van der Waals surface area contributed by atoms with Crippen molar-refractivity contribution in [1.82, 2.24) is 15.5 Å². The maximum absolute atomic E-state index is 11.6. The molecule has 4 nitrogen and oxygen atoms in total. The third kappa shape index (κ3) is 3.22. The monoisotopic (exact) mass is 209 g/mol. The molecule has 0 aromatic heterocycles. The average Bonchev–Trinajstić information content (AvgIpc) is 2.77. The van der Waals surface area contributed by atoms with E-state index < -0.39 is 0 Å². The van der Waals surface area contributed by atoms with Crippen LogP contribution in [-0.4, -0.2) is 49.6 Å². The Labute approximate surface area is 91.4 Å². The average molecular weight is 209 g/mol. The Balaban J connectivity index is 2.40. The van der Waals surface area contributed by atoms with Crippen LogP contribution in [0.1, 0.15) is 13.3 Å². The van der Waals surface area contributed by atoms with Crippen LogP contribution in [0.5, 0.6) is 0 Å². The van der Waals surface area contributed by atoms with Gasteiger partial charge in [0.1, 0.15) is 0 Å². The maximum Gasteiger partial charge on any atom is 0.237 e. The summed E-state index contributed by atoms with van der Waals surface area (Å²) in [5, 5.41) is 5.98. The first-order valence-corrected chi connectivity index (χ1v) is 5.30. The SMILES string of the molecule is C#CCNC(=O)C(C)N(C)C1CCNC1. The Hall–Kier alpha value is -1.05. The molecule has 2 N–H and O–H groups in total. The van der Waals surface area contributed by atoms with Gasteiger partial charge in [-0.05, 0) is 26.9 Å². The number of likely N-dealkylation sites (N-methyl/N-ethyl adjacent to an activating group) is 1. The van der Waals surface area contributed by atoms with E-state index in [2.05, 4.69) is 21.5 Å². The number of carbonyl (C=O) groups is 1. The third-order valence-electron chi connectivity index (χ3n) is 2.97. The Bertz CT molecular complexity index is 253. The van der Waals surface area contributed by atoms with Crippen molar-refractivity contribution < 1.29 is 4.79 Å². The highest BCUT2D eigenvalue weighted by atomic mass is 16.2. The van der Waals surface area contributed by atoms with E-state index in [1.54, 1.807) is 0 Å². The molecule has 0 aromatic rings. The van der Waals surface area contributed by atoms with E-state index in [0.717, 1.165) is 19.5 Å². The summed E-state index contributed by atoms with van der Waals surface area (Å²) in [6.07, 6.45) is 6.19. The van der Waals surface area contributed by atoms with Crippen molar-refractivity contribution in [2.75, 3.05) is 26.7 Å². The lowest BCUT2D eigenvalue weighted by Gasteiger charge is -2.28. The lowest BCUT2D eigenvalue weighted by molar-refractivity contribution is -0.125. The summed E-state index contributed by atoms with van der Waals surface area (Å²) >= 11 is 0. The van der Waals surface area contributed by atoms with Gasteiger partial charge in [0.2, 0.25) is 5.91 Å². The number of carbonyl (C=O) groups excluding carboxylic acids is 1. The number of terminal acetylenes is 1. The topological polar surface area (TPSA) is 44.4 Å². The normalized spacial score (nSPS) is 22.4. The smallest absolute Gasteiger partial charge is 0.237 e. The van der Waals surface area contributed by atoms with Gasteiger partial charge in [-0.2, -0.15) is 0 Å². The van der Waals surface area contributed by atoms with Crippen LogP contribution in [0.25, 0.3) is 0 Å². The second kappa shape index (κ2) is 5.74. The molecule has 1 rings (SSSR count). The van der Waals surface area contributed by atoms with Gasteiger partial charge in [0, 0.05) is 12.6 Å². The molecule has 1 aliphatic heterocycles. The second-order valence-electron chi connectivity index (χ2n) is 3.91. The van der Waals surface area contributed by atoms with Crippen LogP contribution >= 0.6 is 0 Å². The largest absolute Gasteiger partial charge is 0.344 e. The molecule has 4 heteroatoms. The van der Waals surface area contributed by atoms with Crippen LogP contribution in [0.4, 0.5) is 0 Å². The van der Waals surface area contributed by atoms with Gasteiger partial charge in [-0.25, -0.2) is 0 Å². The van der Waals surface area contributed by atoms with E-state index >= 15 is 0 Å². The second-order valence-corrected chi connectivity index (χ2v) is 3.91. The van der Waals surface area contributed by atoms with Crippen LogP contribution in [0.2, 0.25) is 0 Å². The zero-order chi connectivity index (χ0) is 11.3. The minimum absolute atomic E-state index is 0.00218. The number of rotatable bonds is 4. The van der Waals surface area contributed by atoms with Crippen LogP contribution in [0, 0.1) is 12.3 Å². The number of hydrogen-bond donors (Lipinski definition) is 2. The van der Waals surface area contributed by atoms with Crippen LogP contribution in [-0.2, 0) is 4.79 Å². The van der Waals surface area contributed by atoms with Crippen molar-refractivity contribution in [1.29, 1.82) is 0 Å². The summed E-state index contributed by atoms with van der Waals surface area (Å²) in [4.78, 5) is 13.7. The van der Waals surface area contributed by atoms with E-state index in [4.69, 9.17) is 6.42 Å². The summed E-state index contributed by atoms with van der Waals surface area (Å²) in [6, 6.07) is 0.333. The first-order chi connectivity index (χ1) is 7.16. The highest BCUT2D eigenvalue weighted by Gasteiger charge is 2.26. The first kappa shape index (κ1) is 12.0. The Morgan fingerprint density at radius 1 is 1.80 bits per heavy atom. The zero-order valence-corrected chi connectivity index (χ0v) is 9.42. The maximum atomic E-state index is 11.6. The van der Waals surface area contributed by atoms with Crippen molar-refractivity contribution in [2.45, 2.75) is 25.4 Å². The van der Waals surface area contributed by atoms with E-state index in [0.29, 0.717) is 12.6 Å².